The molecule has 96 valence electrons. The number of carbonyl (C=O) groups is 1. The van der Waals surface area contributed by atoms with E-state index in [4.69, 9.17) is 5.11 Å². The summed E-state index contributed by atoms with van der Waals surface area (Å²) in [4.78, 5) is 14.6. The number of hydrogen-bond donors (Lipinski definition) is 1. The van der Waals surface area contributed by atoms with Crippen LogP contribution in [0.15, 0.2) is 17.6 Å². The second kappa shape index (κ2) is 7.37. The maximum atomic E-state index is 10.5. The Morgan fingerprint density at radius 3 is 2.94 bits per heavy atom. The van der Waals surface area contributed by atoms with Crippen molar-refractivity contribution in [1.82, 2.24) is 9.55 Å². The summed E-state index contributed by atoms with van der Waals surface area (Å²) in [5, 5.41) is 9.42. The summed E-state index contributed by atoms with van der Waals surface area (Å²) in [5.41, 5.74) is 0. The number of unbranched alkanes of at least 4 members (excludes halogenated alkanes) is 1. The van der Waals surface area contributed by atoms with Crippen LogP contribution in [0, 0.1) is 5.92 Å². The molecule has 0 saturated carbocycles. The number of hydrogen-bond acceptors (Lipinski definition) is 3. The molecule has 0 amide bonds. The topological polar surface area (TPSA) is 55.1 Å². The molecule has 0 radical (unpaired) electrons. The minimum absolute atomic E-state index is 0.0724. The molecule has 1 rings (SSSR count). The van der Waals surface area contributed by atoms with E-state index in [1.807, 2.05) is 10.8 Å². The molecule has 0 fully saturated rings. The highest BCUT2D eigenvalue weighted by molar-refractivity contribution is 7.99. The van der Waals surface area contributed by atoms with Crippen LogP contribution < -0.4 is 0 Å². The van der Waals surface area contributed by atoms with Gasteiger partial charge < -0.3 is 9.67 Å². The molecular weight excluding hydrogens is 236 g/mol. The lowest BCUT2D eigenvalue weighted by Crippen LogP contribution is -2.03. The van der Waals surface area contributed by atoms with Gasteiger partial charge in [-0.3, -0.25) is 4.79 Å². The van der Waals surface area contributed by atoms with Gasteiger partial charge in [0.1, 0.15) is 0 Å². The Hall–Kier alpha value is -0.970. The third-order valence-electron chi connectivity index (χ3n) is 2.43. The highest BCUT2D eigenvalue weighted by Gasteiger charge is 2.06. The molecule has 1 aromatic rings. The summed E-state index contributed by atoms with van der Waals surface area (Å²) in [6, 6.07) is 0. The molecule has 4 nitrogen and oxygen atoms in total. The molecule has 0 aliphatic carbocycles. The average Bonchev–Trinajstić information content (AvgIpc) is 2.68. The predicted molar refractivity (Wildman–Crippen MR) is 69.3 cm³/mol. The van der Waals surface area contributed by atoms with Crippen LogP contribution in [0.25, 0.3) is 0 Å². The minimum atomic E-state index is -0.802. The van der Waals surface area contributed by atoms with Crippen molar-refractivity contribution >= 4 is 17.7 Å². The van der Waals surface area contributed by atoms with Gasteiger partial charge in [-0.05, 0) is 12.3 Å². The van der Waals surface area contributed by atoms with Crippen molar-refractivity contribution < 1.29 is 9.90 Å². The third-order valence-corrected chi connectivity index (χ3v) is 3.42. The van der Waals surface area contributed by atoms with Gasteiger partial charge in [-0.15, -0.1) is 0 Å². The number of thioether (sulfide) groups is 1. The smallest absolute Gasteiger partial charge is 0.313 e. The Bertz CT molecular complexity index is 350. The molecule has 0 atom stereocenters. The van der Waals surface area contributed by atoms with Crippen LogP contribution >= 0.6 is 11.8 Å². The van der Waals surface area contributed by atoms with E-state index < -0.39 is 5.97 Å². The zero-order chi connectivity index (χ0) is 12.7. The van der Waals surface area contributed by atoms with Gasteiger partial charge in [-0.25, -0.2) is 4.98 Å². The van der Waals surface area contributed by atoms with E-state index in [-0.39, 0.29) is 5.75 Å². The number of carboxylic acids is 1. The first-order valence-electron chi connectivity index (χ1n) is 5.95. The van der Waals surface area contributed by atoms with Crippen LogP contribution in [0.5, 0.6) is 0 Å². The van der Waals surface area contributed by atoms with E-state index in [1.54, 1.807) is 6.20 Å². The number of imidazole rings is 1. The van der Waals surface area contributed by atoms with Crippen LogP contribution in [0.2, 0.25) is 0 Å². The number of nitrogens with zero attached hydrogens (tertiary/aromatic N) is 2. The lowest BCUT2D eigenvalue weighted by molar-refractivity contribution is -0.133. The Labute approximate surface area is 106 Å². The lowest BCUT2D eigenvalue weighted by Gasteiger charge is -2.07. The van der Waals surface area contributed by atoms with Gasteiger partial charge in [0, 0.05) is 18.9 Å². The maximum absolute atomic E-state index is 10.5. The van der Waals surface area contributed by atoms with Crippen molar-refractivity contribution in [3.05, 3.63) is 12.4 Å². The number of aromatic nitrogens is 2. The van der Waals surface area contributed by atoms with Gasteiger partial charge in [0.25, 0.3) is 0 Å². The molecule has 17 heavy (non-hydrogen) atoms. The van der Waals surface area contributed by atoms with E-state index in [1.165, 1.54) is 24.6 Å². The zero-order valence-electron chi connectivity index (χ0n) is 10.4. The van der Waals surface area contributed by atoms with Crippen LogP contribution in [-0.2, 0) is 11.3 Å². The van der Waals surface area contributed by atoms with Gasteiger partial charge in [0.2, 0.25) is 0 Å². The molecule has 1 heterocycles. The van der Waals surface area contributed by atoms with Crippen molar-refractivity contribution in [2.75, 3.05) is 5.75 Å². The van der Waals surface area contributed by atoms with Gasteiger partial charge >= 0.3 is 5.97 Å². The number of aliphatic carboxylic acids is 1. The second-order valence-corrected chi connectivity index (χ2v) is 5.42. The molecule has 0 bridgehead atoms. The van der Waals surface area contributed by atoms with Gasteiger partial charge in [0.15, 0.2) is 5.16 Å². The molecule has 0 aliphatic rings. The van der Waals surface area contributed by atoms with Gasteiger partial charge in [-0.1, -0.05) is 38.5 Å². The second-order valence-electron chi connectivity index (χ2n) is 4.48. The first-order valence-corrected chi connectivity index (χ1v) is 6.94. The maximum Gasteiger partial charge on any atom is 0.313 e. The van der Waals surface area contributed by atoms with Crippen molar-refractivity contribution in [3.63, 3.8) is 0 Å². The molecule has 0 aromatic carbocycles. The Balaban J connectivity index is 2.32. The summed E-state index contributed by atoms with van der Waals surface area (Å²) >= 11 is 1.28. The molecule has 0 spiro atoms. The SMILES string of the molecule is CC(C)CCCCn1ccnc1SCC(=O)O. The Morgan fingerprint density at radius 2 is 2.29 bits per heavy atom. The van der Waals surface area contributed by atoms with Crippen molar-refractivity contribution in [3.8, 4) is 0 Å². The van der Waals surface area contributed by atoms with E-state index in [2.05, 4.69) is 18.8 Å². The normalized spacial score (nSPS) is 11.0. The first-order chi connectivity index (χ1) is 8.09. The summed E-state index contributed by atoms with van der Waals surface area (Å²) in [7, 11) is 0. The van der Waals surface area contributed by atoms with Crippen LogP contribution in [-0.4, -0.2) is 26.4 Å². The highest BCUT2D eigenvalue weighted by atomic mass is 32.2. The average molecular weight is 256 g/mol. The molecule has 0 aliphatic heterocycles. The van der Waals surface area contributed by atoms with E-state index in [0.29, 0.717) is 0 Å². The fourth-order valence-electron chi connectivity index (χ4n) is 1.57. The van der Waals surface area contributed by atoms with Crippen molar-refractivity contribution in [1.29, 1.82) is 0 Å². The third kappa shape index (κ3) is 5.77. The number of rotatable bonds is 8. The van der Waals surface area contributed by atoms with E-state index in [9.17, 15) is 4.79 Å². The van der Waals surface area contributed by atoms with Crippen molar-refractivity contribution in [2.45, 2.75) is 44.8 Å². The summed E-state index contributed by atoms with van der Waals surface area (Å²) in [6.07, 6.45) is 7.21. The fraction of sp³-hybridized carbons (Fsp3) is 0.667. The van der Waals surface area contributed by atoms with Crippen LogP contribution in [0.1, 0.15) is 33.1 Å². The van der Waals surface area contributed by atoms with Gasteiger partial charge in [0.05, 0.1) is 5.75 Å². The Kier molecular flexibility index (Phi) is 6.11. The fourth-order valence-corrected chi connectivity index (χ4v) is 2.27. The molecular formula is C12H20N2O2S. The number of carboxylic acid groups (broad SMARTS) is 1. The molecule has 0 saturated heterocycles. The highest BCUT2D eigenvalue weighted by Crippen LogP contribution is 2.16. The molecule has 0 unspecified atom stereocenters. The largest absolute Gasteiger partial charge is 0.481 e. The summed E-state index contributed by atoms with van der Waals surface area (Å²) in [6.45, 7) is 5.38. The van der Waals surface area contributed by atoms with Gasteiger partial charge in [-0.2, -0.15) is 0 Å². The Morgan fingerprint density at radius 1 is 1.53 bits per heavy atom. The number of aryl methyl sites for hydroxylation is 1. The lowest BCUT2D eigenvalue weighted by atomic mass is 10.1. The van der Waals surface area contributed by atoms with Crippen molar-refractivity contribution in [2.24, 2.45) is 5.92 Å². The van der Waals surface area contributed by atoms with Crippen LogP contribution in [0.4, 0.5) is 0 Å². The summed E-state index contributed by atoms with van der Waals surface area (Å²) < 4.78 is 2.04. The first kappa shape index (κ1) is 14.1. The molecule has 1 N–H and O–H groups in total. The van der Waals surface area contributed by atoms with E-state index >= 15 is 0 Å². The van der Waals surface area contributed by atoms with E-state index in [0.717, 1.165) is 24.0 Å². The summed E-state index contributed by atoms with van der Waals surface area (Å²) in [5.74, 6) is 0.0197. The quantitative estimate of drug-likeness (QED) is 0.574. The van der Waals surface area contributed by atoms with Crippen LogP contribution in [0.3, 0.4) is 0 Å². The molecule has 1 aromatic heterocycles. The minimum Gasteiger partial charge on any atom is -0.481 e. The predicted octanol–water partition coefficient (Wildman–Crippen LogP) is 2.89. The standard InChI is InChI=1S/C12H20N2O2S/c1-10(2)5-3-4-7-14-8-6-13-12(14)17-9-11(15)16/h6,8,10H,3-5,7,9H2,1-2H3,(H,15,16). The zero-order valence-corrected chi connectivity index (χ0v) is 11.2. The molecule has 5 heteroatoms. The monoisotopic (exact) mass is 256 g/mol.